The van der Waals surface area contributed by atoms with E-state index in [1.807, 2.05) is 6.20 Å². The van der Waals surface area contributed by atoms with Crippen LogP contribution in [-0.2, 0) is 0 Å². The van der Waals surface area contributed by atoms with Gasteiger partial charge in [-0.3, -0.25) is 0 Å². The summed E-state index contributed by atoms with van der Waals surface area (Å²) in [5.74, 6) is 1.11. The Morgan fingerprint density at radius 2 is 1.95 bits per heavy atom. The Labute approximate surface area is 114 Å². The number of hydrogen-bond donors (Lipinski definition) is 1. The molecule has 0 spiro atoms. The Kier molecular flexibility index (Phi) is 3.15. The molecule has 1 fully saturated rings. The molecule has 0 saturated carbocycles. The predicted octanol–water partition coefficient (Wildman–Crippen LogP) is 2.65. The maximum atomic E-state index is 4.68. The Balaban J connectivity index is 2.08. The molecule has 3 nitrogen and oxygen atoms in total. The van der Waals surface area contributed by atoms with Crippen LogP contribution in [0.15, 0.2) is 24.4 Å². The fraction of sp³-hybridized carbons (Fsp3) is 0.438. The summed E-state index contributed by atoms with van der Waals surface area (Å²) < 4.78 is 0. The van der Waals surface area contributed by atoms with Gasteiger partial charge in [-0.05, 0) is 43.4 Å². The van der Waals surface area contributed by atoms with E-state index < -0.39 is 0 Å². The molecule has 19 heavy (non-hydrogen) atoms. The lowest BCUT2D eigenvalue weighted by molar-refractivity contribution is 0.497. The molecule has 0 amide bonds. The summed E-state index contributed by atoms with van der Waals surface area (Å²) in [6.45, 7) is 9.68. The van der Waals surface area contributed by atoms with E-state index in [-0.39, 0.29) is 0 Å². The molecule has 2 heterocycles. The maximum Gasteiger partial charge on any atom is 0.129 e. The molecular formula is C16H21N3. The highest BCUT2D eigenvalue weighted by Gasteiger charge is 2.19. The summed E-state index contributed by atoms with van der Waals surface area (Å²) in [6.07, 6.45) is 2.03. The fourth-order valence-corrected chi connectivity index (χ4v) is 2.85. The Hall–Kier alpha value is -1.61. The zero-order valence-electron chi connectivity index (χ0n) is 11.9. The first kappa shape index (κ1) is 12.4. The minimum absolute atomic E-state index is 0.504. The zero-order valence-corrected chi connectivity index (χ0v) is 11.9. The van der Waals surface area contributed by atoms with E-state index >= 15 is 0 Å². The minimum Gasteiger partial charge on any atom is -0.351 e. The first-order chi connectivity index (χ1) is 9.16. The molecule has 1 unspecified atom stereocenters. The van der Waals surface area contributed by atoms with Gasteiger partial charge in [-0.25, -0.2) is 4.98 Å². The van der Waals surface area contributed by atoms with Crippen LogP contribution in [0.1, 0.15) is 18.1 Å². The second-order valence-corrected chi connectivity index (χ2v) is 5.53. The van der Waals surface area contributed by atoms with E-state index in [0.29, 0.717) is 6.04 Å². The van der Waals surface area contributed by atoms with Crippen molar-refractivity contribution in [2.75, 3.05) is 24.5 Å². The van der Waals surface area contributed by atoms with Crippen molar-refractivity contribution in [3.63, 3.8) is 0 Å². The molecule has 0 radical (unpaired) electrons. The summed E-state index contributed by atoms with van der Waals surface area (Å²) in [7, 11) is 0. The molecular weight excluding hydrogens is 234 g/mol. The third-order valence-electron chi connectivity index (χ3n) is 4.12. The van der Waals surface area contributed by atoms with Gasteiger partial charge in [-0.15, -0.1) is 0 Å². The van der Waals surface area contributed by atoms with Gasteiger partial charge >= 0.3 is 0 Å². The second kappa shape index (κ2) is 4.82. The van der Waals surface area contributed by atoms with E-state index in [0.717, 1.165) is 25.5 Å². The van der Waals surface area contributed by atoms with Gasteiger partial charge in [-0.2, -0.15) is 0 Å². The maximum absolute atomic E-state index is 4.68. The number of fused-ring (bicyclic) bond motifs is 1. The van der Waals surface area contributed by atoms with Gasteiger partial charge in [0.25, 0.3) is 0 Å². The van der Waals surface area contributed by atoms with E-state index in [9.17, 15) is 0 Å². The monoisotopic (exact) mass is 255 g/mol. The SMILES string of the molecule is Cc1ccc(C)c2cc(N3CCNCC3C)ncc12. The van der Waals surface area contributed by atoms with Crippen molar-refractivity contribution in [1.29, 1.82) is 0 Å². The molecule has 1 aromatic carbocycles. The summed E-state index contributed by atoms with van der Waals surface area (Å²) in [6, 6.07) is 7.12. The molecule has 3 rings (SSSR count). The molecule has 1 aromatic heterocycles. The molecule has 2 aromatic rings. The number of pyridine rings is 1. The number of nitrogens with zero attached hydrogens (tertiary/aromatic N) is 2. The highest BCUT2D eigenvalue weighted by Crippen LogP contribution is 2.26. The van der Waals surface area contributed by atoms with Crippen LogP contribution in [0.4, 0.5) is 5.82 Å². The van der Waals surface area contributed by atoms with Gasteiger partial charge in [-0.1, -0.05) is 12.1 Å². The average Bonchev–Trinajstić information content (AvgIpc) is 2.43. The van der Waals surface area contributed by atoms with Crippen molar-refractivity contribution in [1.82, 2.24) is 10.3 Å². The van der Waals surface area contributed by atoms with Crippen LogP contribution in [-0.4, -0.2) is 30.7 Å². The van der Waals surface area contributed by atoms with Crippen LogP contribution in [0.25, 0.3) is 10.8 Å². The third-order valence-corrected chi connectivity index (χ3v) is 4.12. The quantitative estimate of drug-likeness (QED) is 0.849. The topological polar surface area (TPSA) is 28.2 Å². The normalized spacial score (nSPS) is 19.9. The van der Waals surface area contributed by atoms with Crippen LogP contribution >= 0.6 is 0 Å². The molecule has 0 bridgehead atoms. The molecule has 100 valence electrons. The van der Waals surface area contributed by atoms with E-state index in [1.165, 1.54) is 21.9 Å². The van der Waals surface area contributed by atoms with Crippen molar-refractivity contribution in [3.8, 4) is 0 Å². The average molecular weight is 255 g/mol. The van der Waals surface area contributed by atoms with Gasteiger partial charge in [0.15, 0.2) is 0 Å². The first-order valence-electron chi connectivity index (χ1n) is 7.00. The number of benzene rings is 1. The Morgan fingerprint density at radius 3 is 2.68 bits per heavy atom. The van der Waals surface area contributed by atoms with Crippen molar-refractivity contribution in [2.45, 2.75) is 26.8 Å². The highest BCUT2D eigenvalue weighted by atomic mass is 15.3. The smallest absolute Gasteiger partial charge is 0.129 e. The molecule has 0 aliphatic carbocycles. The standard InChI is InChI=1S/C16H21N3/c1-11-4-5-12(2)15-10-18-16(8-14(11)15)19-7-6-17-9-13(19)3/h4-5,8,10,13,17H,6-7,9H2,1-3H3. The number of aryl methyl sites for hydroxylation is 2. The van der Waals surface area contributed by atoms with Gasteiger partial charge in [0.1, 0.15) is 5.82 Å². The van der Waals surface area contributed by atoms with Crippen LogP contribution in [0.2, 0.25) is 0 Å². The number of piperazine rings is 1. The van der Waals surface area contributed by atoms with Gasteiger partial charge in [0.05, 0.1) is 0 Å². The van der Waals surface area contributed by atoms with Gasteiger partial charge in [0, 0.05) is 37.3 Å². The largest absolute Gasteiger partial charge is 0.351 e. The van der Waals surface area contributed by atoms with Crippen molar-refractivity contribution in [2.24, 2.45) is 0 Å². The zero-order chi connectivity index (χ0) is 13.4. The Bertz CT molecular complexity index is 606. The summed E-state index contributed by atoms with van der Waals surface area (Å²) >= 11 is 0. The molecule has 1 N–H and O–H groups in total. The number of anilines is 1. The third kappa shape index (κ3) is 2.19. The lowest BCUT2D eigenvalue weighted by Gasteiger charge is -2.35. The second-order valence-electron chi connectivity index (χ2n) is 5.53. The number of nitrogens with one attached hydrogen (secondary N) is 1. The fourth-order valence-electron chi connectivity index (χ4n) is 2.85. The highest BCUT2D eigenvalue weighted by molar-refractivity contribution is 5.89. The van der Waals surface area contributed by atoms with E-state index in [4.69, 9.17) is 0 Å². The lowest BCUT2D eigenvalue weighted by Crippen LogP contribution is -2.50. The molecule has 1 aliphatic rings. The van der Waals surface area contributed by atoms with Crippen molar-refractivity contribution in [3.05, 3.63) is 35.5 Å². The van der Waals surface area contributed by atoms with Crippen LogP contribution in [0.5, 0.6) is 0 Å². The van der Waals surface area contributed by atoms with Crippen molar-refractivity contribution >= 4 is 16.6 Å². The molecule has 1 saturated heterocycles. The number of rotatable bonds is 1. The number of hydrogen-bond acceptors (Lipinski definition) is 3. The predicted molar refractivity (Wildman–Crippen MR) is 80.9 cm³/mol. The molecule has 3 heteroatoms. The first-order valence-corrected chi connectivity index (χ1v) is 7.00. The van der Waals surface area contributed by atoms with Gasteiger partial charge < -0.3 is 10.2 Å². The molecule has 1 aliphatic heterocycles. The lowest BCUT2D eigenvalue weighted by atomic mass is 10.0. The van der Waals surface area contributed by atoms with Crippen LogP contribution in [0.3, 0.4) is 0 Å². The van der Waals surface area contributed by atoms with Crippen LogP contribution < -0.4 is 10.2 Å². The number of aromatic nitrogens is 1. The van der Waals surface area contributed by atoms with Crippen molar-refractivity contribution < 1.29 is 0 Å². The van der Waals surface area contributed by atoms with Gasteiger partial charge in [0.2, 0.25) is 0 Å². The van der Waals surface area contributed by atoms with E-state index in [2.05, 4.69) is 54.2 Å². The van der Waals surface area contributed by atoms with E-state index in [1.54, 1.807) is 0 Å². The molecule has 1 atom stereocenters. The van der Waals surface area contributed by atoms with Crippen LogP contribution in [0, 0.1) is 13.8 Å². The summed E-state index contributed by atoms with van der Waals surface area (Å²) in [5.41, 5.74) is 2.63. The summed E-state index contributed by atoms with van der Waals surface area (Å²) in [4.78, 5) is 7.08. The minimum atomic E-state index is 0.504. The summed E-state index contributed by atoms with van der Waals surface area (Å²) in [5, 5.41) is 6.02. The Morgan fingerprint density at radius 1 is 1.21 bits per heavy atom.